The highest BCUT2D eigenvalue weighted by atomic mass is 35.5. The number of pyridine rings is 1. The van der Waals surface area contributed by atoms with Crippen molar-refractivity contribution in [3.8, 4) is 11.5 Å². The standard InChI is InChI=1S/C17H14ClN5O3S2/c1-25-11-3-9-13(5-12(11)26-2)28-17(21-9)23-15(24)7-27-16-20-8-4-14(18)19-6-10(8)22-16/h3-6H,7H2,1-2H3,(H,20,22)(H,21,23,24). The molecule has 0 atom stereocenters. The fourth-order valence-electron chi connectivity index (χ4n) is 2.53. The summed E-state index contributed by atoms with van der Waals surface area (Å²) >= 11 is 8.51. The van der Waals surface area contributed by atoms with Crippen LogP contribution in [0.5, 0.6) is 11.5 Å². The van der Waals surface area contributed by atoms with Gasteiger partial charge in [0, 0.05) is 18.2 Å². The van der Waals surface area contributed by atoms with E-state index in [0.717, 1.165) is 15.7 Å². The van der Waals surface area contributed by atoms with Crippen molar-refractivity contribution in [2.75, 3.05) is 25.3 Å². The zero-order valence-corrected chi connectivity index (χ0v) is 17.2. The average molecular weight is 436 g/mol. The molecular weight excluding hydrogens is 422 g/mol. The predicted molar refractivity (Wildman–Crippen MR) is 111 cm³/mol. The van der Waals surface area contributed by atoms with E-state index in [9.17, 15) is 4.79 Å². The number of imidazole rings is 1. The molecule has 0 aliphatic heterocycles. The number of nitrogens with one attached hydrogen (secondary N) is 2. The van der Waals surface area contributed by atoms with Crippen LogP contribution >= 0.6 is 34.7 Å². The van der Waals surface area contributed by atoms with Crippen molar-refractivity contribution in [3.63, 3.8) is 0 Å². The van der Waals surface area contributed by atoms with Crippen LogP contribution in [0.3, 0.4) is 0 Å². The highest BCUT2D eigenvalue weighted by Gasteiger charge is 2.13. The van der Waals surface area contributed by atoms with Gasteiger partial charge >= 0.3 is 0 Å². The number of thiazole rings is 1. The predicted octanol–water partition coefficient (Wildman–Crippen LogP) is 3.97. The van der Waals surface area contributed by atoms with E-state index in [1.165, 1.54) is 23.1 Å². The normalized spacial score (nSPS) is 11.1. The lowest BCUT2D eigenvalue weighted by atomic mass is 10.3. The molecule has 0 radical (unpaired) electrons. The number of aromatic nitrogens is 4. The van der Waals surface area contributed by atoms with Crippen molar-refractivity contribution >= 4 is 67.0 Å². The third-order valence-corrected chi connectivity index (χ3v) is 5.81. The molecule has 3 aromatic heterocycles. The van der Waals surface area contributed by atoms with Crippen LogP contribution in [0.15, 0.2) is 29.6 Å². The summed E-state index contributed by atoms with van der Waals surface area (Å²) in [6.07, 6.45) is 1.61. The summed E-state index contributed by atoms with van der Waals surface area (Å²) in [5.74, 6) is 1.21. The number of H-pyrrole nitrogens is 1. The smallest absolute Gasteiger partial charge is 0.236 e. The van der Waals surface area contributed by atoms with Gasteiger partial charge in [0.2, 0.25) is 5.91 Å². The van der Waals surface area contributed by atoms with E-state index in [1.807, 2.05) is 6.07 Å². The molecule has 0 unspecified atom stereocenters. The molecule has 1 amide bonds. The maximum atomic E-state index is 12.3. The van der Waals surface area contributed by atoms with Crippen LogP contribution < -0.4 is 14.8 Å². The molecule has 0 aliphatic carbocycles. The van der Waals surface area contributed by atoms with Crippen LogP contribution in [0.25, 0.3) is 21.3 Å². The van der Waals surface area contributed by atoms with E-state index >= 15 is 0 Å². The van der Waals surface area contributed by atoms with Crippen molar-refractivity contribution in [3.05, 3.63) is 29.5 Å². The first kappa shape index (κ1) is 18.8. The van der Waals surface area contributed by atoms with Gasteiger partial charge in [0.15, 0.2) is 21.8 Å². The minimum absolute atomic E-state index is 0.181. The van der Waals surface area contributed by atoms with E-state index in [2.05, 4.69) is 25.3 Å². The van der Waals surface area contributed by atoms with E-state index in [1.54, 1.807) is 32.5 Å². The molecular formula is C17H14ClN5O3S2. The zero-order valence-electron chi connectivity index (χ0n) is 14.8. The summed E-state index contributed by atoms with van der Waals surface area (Å²) < 4.78 is 11.5. The number of aromatic amines is 1. The Morgan fingerprint density at radius 1 is 1.21 bits per heavy atom. The van der Waals surface area contributed by atoms with Crippen molar-refractivity contribution in [2.24, 2.45) is 0 Å². The Bertz CT molecular complexity index is 1140. The van der Waals surface area contributed by atoms with Gasteiger partial charge in [-0.15, -0.1) is 0 Å². The molecule has 4 rings (SSSR count). The first-order valence-corrected chi connectivity index (χ1v) is 10.2. The minimum atomic E-state index is -0.181. The van der Waals surface area contributed by atoms with Crippen LogP contribution in [0, 0.1) is 0 Å². The van der Waals surface area contributed by atoms with Gasteiger partial charge in [-0.2, -0.15) is 0 Å². The van der Waals surface area contributed by atoms with Gasteiger partial charge in [-0.1, -0.05) is 34.7 Å². The summed E-state index contributed by atoms with van der Waals surface area (Å²) in [6, 6.07) is 5.29. The molecule has 0 fully saturated rings. The molecule has 144 valence electrons. The van der Waals surface area contributed by atoms with Gasteiger partial charge in [-0.3, -0.25) is 4.79 Å². The van der Waals surface area contributed by atoms with Crippen LogP contribution in [0.1, 0.15) is 0 Å². The van der Waals surface area contributed by atoms with Crippen molar-refractivity contribution in [1.82, 2.24) is 19.9 Å². The second-order valence-corrected chi connectivity index (χ2v) is 7.98. The van der Waals surface area contributed by atoms with Crippen LogP contribution in [-0.2, 0) is 4.79 Å². The van der Waals surface area contributed by atoms with Gasteiger partial charge in [0.25, 0.3) is 0 Å². The Hall–Kier alpha value is -2.56. The van der Waals surface area contributed by atoms with Gasteiger partial charge in [0.1, 0.15) is 5.15 Å². The van der Waals surface area contributed by atoms with E-state index < -0.39 is 0 Å². The molecule has 4 aromatic rings. The monoisotopic (exact) mass is 435 g/mol. The van der Waals surface area contributed by atoms with Gasteiger partial charge < -0.3 is 19.8 Å². The number of anilines is 1. The molecule has 0 spiro atoms. The third-order valence-electron chi connectivity index (χ3n) is 3.79. The van der Waals surface area contributed by atoms with Crippen molar-refractivity contribution in [2.45, 2.75) is 5.16 Å². The number of carbonyl (C=O) groups excluding carboxylic acids is 1. The molecule has 8 nitrogen and oxygen atoms in total. The van der Waals surface area contributed by atoms with Crippen molar-refractivity contribution < 1.29 is 14.3 Å². The number of nitrogens with zero attached hydrogens (tertiary/aromatic N) is 3. The molecule has 28 heavy (non-hydrogen) atoms. The van der Waals surface area contributed by atoms with Gasteiger partial charge in [-0.05, 0) is 0 Å². The first-order chi connectivity index (χ1) is 13.6. The molecule has 0 aliphatic rings. The molecule has 1 aromatic carbocycles. The first-order valence-electron chi connectivity index (χ1n) is 8.02. The Morgan fingerprint density at radius 3 is 2.79 bits per heavy atom. The number of ether oxygens (including phenoxy) is 2. The lowest BCUT2D eigenvalue weighted by Crippen LogP contribution is -2.13. The van der Waals surface area contributed by atoms with E-state index in [-0.39, 0.29) is 11.7 Å². The second kappa shape index (κ2) is 7.82. The Balaban J connectivity index is 1.44. The fourth-order valence-corrected chi connectivity index (χ4v) is 4.26. The number of carbonyl (C=O) groups is 1. The molecule has 11 heteroatoms. The van der Waals surface area contributed by atoms with Crippen LogP contribution in [0.4, 0.5) is 5.13 Å². The number of amides is 1. The Morgan fingerprint density at radius 2 is 2.00 bits per heavy atom. The SMILES string of the molecule is COc1cc2nc(NC(=O)CSc3nc4cc(Cl)ncc4[nH]3)sc2cc1OC. The summed E-state index contributed by atoms with van der Waals surface area (Å²) in [4.78, 5) is 28.2. The minimum Gasteiger partial charge on any atom is -0.493 e. The van der Waals surface area contributed by atoms with Gasteiger partial charge in [-0.25, -0.2) is 15.0 Å². The summed E-state index contributed by atoms with van der Waals surface area (Å²) in [7, 11) is 3.14. The fraction of sp³-hybridized carbons (Fsp3) is 0.176. The number of rotatable bonds is 6. The number of thioether (sulfide) groups is 1. The number of benzene rings is 1. The summed E-state index contributed by atoms with van der Waals surface area (Å²) in [5.41, 5.74) is 2.20. The number of methoxy groups -OCH3 is 2. The lowest BCUT2D eigenvalue weighted by Gasteiger charge is -2.05. The highest BCUT2D eigenvalue weighted by molar-refractivity contribution is 7.99. The van der Waals surface area contributed by atoms with E-state index in [0.29, 0.717) is 32.5 Å². The largest absolute Gasteiger partial charge is 0.493 e. The van der Waals surface area contributed by atoms with Gasteiger partial charge in [0.05, 0.1) is 47.4 Å². The second-order valence-electron chi connectivity index (χ2n) is 5.60. The summed E-state index contributed by atoms with van der Waals surface area (Å²) in [5, 5.41) is 4.31. The number of hydrogen-bond donors (Lipinski definition) is 2. The molecule has 2 N–H and O–H groups in total. The highest BCUT2D eigenvalue weighted by Crippen LogP contribution is 2.36. The molecule has 0 saturated heterocycles. The third kappa shape index (κ3) is 3.84. The lowest BCUT2D eigenvalue weighted by molar-refractivity contribution is -0.113. The van der Waals surface area contributed by atoms with Crippen LogP contribution in [-0.4, -0.2) is 45.8 Å². The number of hydrogen-bond acceptors (Lipinski definition) is 8. The molecule has 3 heterocycles. The maximum absolute atomic E-state index is 12.3. The summed E-state index contributed by atoms with van der Waals surface area (Å²) in [6.45, 7) is 0. The average Bonchev–Trinajstić information content (AvgIpc) is 3.26. The maximum Gasteiger partial charge on any atom is 0.236 e. The quantitative estimate of drug-likeness (QED) is 0.349. The molecule has 0 saturated carbocycles. The zero-order chi connectivity index (χ0) is 19.7. The van der Waals surface area contributed by atoms with E-state index in [4.69, 9.17) is 21.1 Å². The van der Waals surface area contributed by atoms with Crippen molar-refractivity contribution in [1.29, 1.82) is 0 Å². The Labute approximate surface area is 172 Å². The number of halogens is 1. The number of fused-ring (bicyclic) bond motifs is 2. The topological polar surface area (TPSA) is 102 Å². The Kier molecular flexibility index (Phi) is 5.25. The molecule has 0 bridgehead atoms. The van der Waals surface area contributed by atoms with Crippen LogP contribution in [0.2, 0.25) is 5.15 Å².